The summed E-state index contributed by atoms with van der Waals surface area (Å²) in [5, 5.41) is 11.7. The van der Waals surface area contributed by atoms with E-state index >= 15 is 0 Å². The molecule has 6 nitrogen and oxygen atoms in total. The third-order valence-corrected chi connectivity index (χ3v) is 8.49. The number of fused-ring (bicyclic) bond motifs is 5. The number of hydrogen-bond donors (Lipinski definition) is 1. The lowest BCUT2D eigenvalue weighted by Gasteiger charge is -2.19. The van der Waals surface area contributed by atoms with E-state index in [1.165, 1.54) is 27.1 Å². The second-order valence-electron chi connectivity index (χ2n) is 7.28. The number of carbonyl (C=O) groups excluding carboxylic acids is 1. The van der Waals surface area contributed by atoms with Gasteiger partial charge >= 0.3 is 0 Å². The summed E-state index contributed by atoms with van der Waals surface area (Å²) in [7, 11) is 2.23. The lowest BCUT2D eigenvalue weighted by molar-refractivity contribution is -0.895. The van der Waals surface area contributed by atoms with Gasteiger partial charge in [0.05, 0.1) is 29.6 Å². The van der Waals surface area contributed by atoms with Gasteiger partial charge in [0.2, 0.25) is 0 Å². The highest BCUT2D eigenvalue weighted by molar-refractivity contribution is 9.10. The Kier molecular flexibility index (Phi) is 5.61. The number of carbonyl (C=O) groups is 1. The van der Waals surface area contributed by atoms with E-state index in [0.717, 1.165) is 45.0 Å². The maximum atomic E-state index is 12.6. The molecule has 4 aromatic rings. The number of Topliss-reactive ketones (excluding diaryl/α,β-unsaturated/α-hetero) is 1. The highest BCUT2D eigenvalue weighted by Gasteiger charge is 2.26. The Balaban J connectivity index is 1.52. The smallest absolute Gasteiger partial charge is 0.198 e. The largest absolute Gasteiger partial charge is 0.333 e. The molecule has 0 saturated carbocycles. The van der Waals surface area contributed by atoms with Crippen LogP contribution in [0.3, 0.4) is 0 Å². The summed E-state index contributed by atoms with van der Waals surface area (Å²) in [6, 6.07) is 7.44. The number of ketones is 1. The molecule has 30 heavy (non-hydrogen) atoms. The number of thiophene rings is 1. The van der Waals surface area contributed by atoms with Gasteiger partial charge < -0.3 is 4.90 Å². The Morgan fingerprint density at radius 1 is 1.27 bits per heavy atom. The van der Waals surface area contributed by atoms with Crippen molar-refractivity contribution in [1.82, 2.24) is 19.6 Å². The number of nitrogens with zero attached hydrogens (tertiary/aromatic N) is 4. The van der Waals surface area contributed by atoms with Gasteiger partial charge in [-0.2, -0.15) is 0 Å². The fraction of sp³-hybridized carbons (Fsp3) is 0.300. The topological polar surface area (TPSA) is 64.6 Å². The van der Waals surface area contributed by atoms with Crippen molar-refractivity contribution in [3.05, 3.63) is 44.7 Å². The predicted molar refractivity (Wildman–Crippen MR) is 126 cm³/mol. The van der Waals surface area contributed by atoms with E-state index in [1.807, 2.05) is 34.9 Å². The molecule has 1 atom stereocenters. The second-order valence-corrected chi connectivity index (χ2v) is 11.0. The van der Waals surface area contributed by atoms with Crippen molar-refractivity contribution in [3.63, 3.8) is 0 Å². The van der Waals surface area contributed by atoms with Gasteiger partial charge in [0.15, 0.2) is 21.7 Å². The molecule has 4 heterocycles. The number of hydrogen-bond acceptors (Lipinski definition) is 7. The zero-order chi connectivity index (χ0) is 20.8. The van der Waals surface area contributed by atoms with E-state index in [9.17, 15) is 4.79 Å². The van der Waals surface area contributed by atoms with Crippen LogP contribution in [0, 0.1) is 0 Å². The quantitative estimate of drug-likeness (QED) is 0.247. The number of likely N-dealkylation sites (N-methyl/N-ethyl adjacent to an activating group) is 1. The van der Waals surface area contributed by atoms with Crippen molar-refractivity contribution in [1.29, 1.82) is 0 Å². The lowest BCUT2D eigenvalue weighted by Crippen LogP contribution is -3.08. The highest BCUT2D eigenvalue weighted by Crippen LogP contribution is 2.36. The number of aromatic nitrogens is 4. The Labute approximate surface area is 194 Å². The fourth-order valence-electron chi connectivity index (χ4n) is 3.74. The van der Waals surface area contributed by atoms with Crippen LogP contribution in [0.15, 0.2) is 39.1 Å². The molecule has 1 aliphatic heterocycles. The van der Waals surface area contributed by atoms with Crippen LogP contribution in [-0.4, -0.2) is 51.0 Å². The van der Waals surface area contributed by atoms with Gasteiger partial charge in [-0.15, -0.1) is 21.5 Å². The zero-order valence-electron chi connectivity index (χ0n) is 16.4. The molecule has 154 valence electrons. The van der Waals surface area contributed by atoms with E-state index in [0.29, 0.717) is 16.5 Å². The number of thioether (sulfide) groups is 2. The minimum absolute atomic E-state index is 0.0721. The van der Waals surface area contributed by atoms with Crippen molar-refractivity contribution >= 4 is 72.4 Å². The van der Waals surface area contributed by atoms with Crippen LogP contribution in [0.2, 0.25) is 0 Å². The number of quaternary nitrogens is 1. The molecular weight excluding hydrogens is 502 g/mol. The van der Waals surface area contributed by atoms with Gasteiger partial charge in [-0.25, -0.2) is 9.38 Å². The van der Waals surface area contributed by atoms with Gasteiger partial charge in [0.1, 0.15) is 11.4 Å². The molecule has 10 heteroatoms. The molecule has 0 aliphatic carbocycles. The number of nitrogens with one attached hydrogen (secondary N) is 1. The molecule has 3 aromatic heterocycles. The van der Waals surface area contributed by atoms with E-state index < -0.39 is 0 Å². The first-order chi connectivity index (χ1) is 14.5. The van der Waals surface area contributed by atoms with Crippen molar-refractivity contribution in [2.45, 2.75) is 23.3 Å². The Morgan fingerprint density at radius 3 is 2.83 bits per heavy atom. The summed E-state index contributed by atoms with van der Waals surface area (Å²) in [4.78, 5) is 21.5. The van der Waals surface area contributed by atoms with Crippen molar-refractivity contribution < 1.29 is 9.69 Å². The van der Waals surface area contributed by atoms with Gasteiger partial charge in [-0.1, -0.05) is 51.6 Å². The number of rotatable bonds is 5. The van der Waals surface area contributed by atoms with Crippen LogP contribution < -0.4 is 4.90 Å². The molecule has 0 amide bonds. The molecule has 1 N–H and O–H groups in total. The van der Waals surface area contributed by atoms with Crippen LogP contribution >= 0.6 is 50.8 Å². The van der Waals surface area contributed by atoms with Gasteiger partial charge in [-0.3, -0.25) is 4.79 Å². The Hall–Kier alpha value is -1.46. The van der Waals surface area contributed by atoms with Gasteiger partial charge in [0, 0.05) is 16.5 Å². The third-order valence-electron chi connectivity index (χ3n) is 5.26. The molecule has 0 radical (unpaired) electrons. The van der Waals surface area contributed by atoms with E-state index in [2.05, 4.69) is 33.2 Å². The summed E-state index contributed by atoms with van der Waals surface area (Å²) in [6.45, 7) is 2.15. The Bertz CT molecular complexity index is 1270. The summed E-state index contributed by atoms with van der Waals surface area (Å²) in [6.07, 6.45) is 3.05. The van der Waals surface area contributed by atoms with Crippen LogP contribution in [-0.2, 0) is 13.0 Å². The minimum atomic E-state index is 0.0721. The van der Waals surface area contributed by atoms with Crippen molar-refractivity contribution in [2.24, 2.45) is 0 Å². The molecule has 0 saturated heterocycles. The number of halogens is 1. The monoisotopic (exact) mass is 520 g/mol. The predicted octanol–water partition coefficient (Wildman–Crippen LogP) is 3.37. The van der Waals surface area contributed by atoms with E-state index in [4.69, 9.17) is 4.98 Å². The third kappa shape index (κ3) is 3.58. The first-order valence-corrected chi connectivity index (χ1v) is 13.3. The van der Waals surface area contributed by atoms with Gasteiger partial charge in [-0.05, 0) is 24.0 Å². The average molecular weight is 522 g/mol. The molecule has 1 aromatic carbocycles. The lowest BCUT2D eigenvalue weighted by atomic mass is 10.1. The summed E-state index contributed by atoms with van der Waals surface area (Å²) >= 11 is 8.19. The standard InChI is InChI=1S/C20H18BrN5OS3/c1-25-8-7-13-15(9-25)30-18-16(13)17-23-24-20(26(17)19(22-18)28-2)29-10-14(27)11-3-5-12(21)6-4-11/h3-6H,7-10H2,1-2H3/p+1. The highest BCUT2D eigenvalue weighted by atomic mass is 79.9. The summed E-state index contributed by atoms with van der Waals surface area (Å²) in [5.41, 5.74) is 2.93. The summed E-state index contributed by atoms with van der Waals surface area (Å²) < 4.78 is 2.98. The van der Waals surface area contributed by atoms with Crippen molar-refractivity contribution in [3.8, 4) is 0 Å². The first-order valence-electron chi connectivity index (χ1n) is 9.51. The maximum Gasteiger partial charge on any atom is 0.198 e. The normalized spacial score (nSPS) is 16.3. The second kappa shape index (κ2) is 8.23. The number of benzene rings is 1. The molecule has 0 bridgehead atoms. The van der Waals surface area contributed by atoms with Crippen LogP contribution in [0.1, 0.15) is 20.8 Å². The minimum Gasteiger partial charge on any atom is -0.333 e. The first kappa shape index (κ1) is 20.4. The van der Waals surface area contributed by atoms with Crippen LogP contribution in [0.4, 0.5) is 0 Å². The molecule has 5 rings (SSSR count). The molecule has 1 unspecified atom stereocenters. The van der Waals surface area contributed by atoms with Crippen LogP contribution in [0.5, 0.6) is 0 Å². The van der Waals surface area contributed by atoms with Gasteiger partial charge in [0.25, 0.3) is 0 Å². The molecular formula is C20H19BrN5OS3+. The molecule has 0 spiro atoms. The van der Waals surface area contributed by atoms with E-state index in [-0.39, 0.29) is 5.78 Å². The van der Waals surface area contributed by atoms with Crippen LogP contribution in [0.25, 0.3) is 15.9 Å². The summed E-state index contributed by atoms with van der Waals surface area (Å²) in [5.74, 6) is 0.382. The fourth-order valence-corrected chi connectivity index (χ4v) is 6.81. The SMILES string of the molecule is CSc1nc2sc3c(c2c2nnc(SCC(=O)c4ccc(Br)cc4)n12)CC[NH+](C)C3. The zero-order valence-corrected chi connectivity index (χ0v) is 20.5. The van der Waals surface area contributed by atoms with Crippen molar-refractivity contribution in [2.75, 3.05) is 25.6 Å². The molecule has 0 fully saturated rings. The Morgan fingerprint density at radius 2 is 2.07 bits per heavy atom. The van der Waals surface area contributed by atoms with E-state index in [1.54, 1.807) is 23.1 Å². The molecule has 1 aliphatic rings. The average Bonchev–Trinajstić information content (AvgIpc) is 3.32. The maximum absolute atomic E-state index is 12.6.